The zero-order chi connectivity index (χ0) is 13.7. The Balaban J connectivity index is 1.86. The summed E-state index contributed by atoms with van der Waals surface area (Å²) in [5.74, 6) is 0. The van der Waals surface area contributed by atoms with Crippen LogP contribution in [0.1, 0.15) is 34.0 Å². The average molecular weight is 275 g/mol. The number of nitrogens with zero attached hydrogens (tertiary/aromatic N) is 1. The molecule has 3 nitrogen and oxygen atoms in total. The number of thiazole rings is 1. The molecule has 2 aromatic rings. The first kappa shape index (κ1) is 14.2. The van der Waals surface area contributed by atoms with Gasteiger partial charge in [-0.15, -0.1) is 11.3 Å². The van der Waals surface area contributed by atoms with Crippen LogP contribution >= 0.6 is 11.3 Å². The first-order valence-corrected chi connectivity index (χ1v) is 7.45. The Morgan fingerprint density at radius 1 is 1.32 bits per heavy atom. The lowest BCUT2D eigenvalue weighted by molar-refractivity contribution is 0.573. The summed E-state index contributed by atoms with van der Waals surface area (Å²) in [5.41, 5.74) is 8.32. The maximum absolute atomic E-state index is 5.75. The van der Waals surface area contributed by atoms with Gasteiger partial charge >= 0.3 is 0 Å². The van der Waals surface area contributed by atoms with E-state index in [1.165, 1.54) is 16.0 Å². The highest BCUT2D eigenvalue weighted by Gasteiger charge is 2.08. The largest absolute Gasteiger partial charge is 0.326 e. The Bertz CT molecular complexity index is 522. The summed E-state index contributed by atoms with van der Waals surface area (Å²) in [5, 5.41) is 4.68. The van der Waals surface area contributed by atoms with Gasteiger partial charge in [0.25, 0.3) is 0 Å². The molecule has 1 unspecified atom stereocenters. The predicted molar refractivity (Wildman–Crippen MR) is 81.3 cm³/mol. The molecule has 0 saturated heterocycles. The normalized spacial score (nSPS) is 12.6. The summed E-state index contributed by atoms with van der Waals surface area (Å²) in [7, 11) is 0. The molecule has 0 fully saturated rings. The van der Waals surface area contributed by atoms with Gasteiger partial charge in [0.05, 0.1) is 6.04 Å². The van der Waals surface area contributed by atoms with E-state index in [9.17, 15) is 0 Å². The molecule has 0 amide bonds. The van der Waals surface area contributed by atoms with Crippen molar-refractivity contribution in [1.82, 2.24) is 10.3 Å². The molecular formula is C15H21N3S. The van der Waals surface area contributed by atoms with Gasteiger partial charge < -0.3 is 11.1 Å². The number of nitrogens with one attached hydrogen (secondary N) is 1. The summed E-state index contributed by atoms with van der Waals surface area (Å²) in [6.45, 7) is 5.80. The van der Waals surface area contributed by atoms with E-state index in [1.807, 2.05) is 12.3 Å². The van der Waals surface area contributed by atoms with E-state index in [0.29, 0.717) is 12.6 Å². The van der Waals surface area contributed by atoms with Crippen LogP contribution < -0.4 is 11.1 Å². The molecule has 1 atom stereocenters. The van der Waals surface area contributed by atoms with E-state index in [1.54, 1.807) is 11.3 Å². The van der Waals surface area contributed by atoms with Crippen LogP contribution in [0.3, 0.4) is 0 Å². The first-order valence-electron chi connectivity index (χ1n) is 6.63. The minimum Gasteiger partial charge on any atom is -0.326 e. The van der Waals surface area contributed by atoms with Gasteiger partial charge in [-0.25, -0.2) is 4.98 Å². The molecular weight excluding hydrogens is 254 g/mol. The monoisotopic (exact) mass is 275 g/mol. The highest BCUT2D eigenvalue weighted by molar-refractivity contribution is 7.11. The molecule has 0 bridgehead atoms. The van der Waals surface area contributed by atoms with Crippen LogP contribution in [-0.4, -0.2) is 11.5 Å². The van der Waals surface area contributed by atoms with Crippen molar-refractivity contribution in [1.29, 1.82) is 0 Å². The van der Waals surface area contributed by atoms with E-state index in [0.717, 1.165) is 18.0 Å². The number of aryl methyl sites for hydroxylation is 1. The fourth-order valence-electron chi connectivity index (χ4n) is 2.08. The summed E-state index contributed by atoms with van der Waals surface area (Å²) >= 11 is 1.76. The Morgan fingerprint density at radius 2 is 2.05 bits per heavy atom. The summed E-state index contributed by atoms with van der Waals surface area (Å²) in [4.78, 5) is 5.67. The van der Waals surface area contributed by atoms with E-state index in [2.05, 4.69) is 42.3 Å². The number of hydrogen-bond donors (Lipinski definition) is 2. The van der Waals surface area contributed by atoms with E-state index in [4.69, 9.17) is 5.73 Å². The number of nitrogens with two attached hydrogens (primary N) is 1. The molecule has 0 aliphatic rings. The first-order chi connectivity index (χ1) is 9.20. The van der Waals surface area contributed by atoms with Crippen molar-refractivity contribution >= 4 is 11.3 Å². The zero-order valence-electron chi connectivity index (χ0n) is 11.5. The summed E-state index contributed by atoms with van der Waals surface area (Å²) in [6.07, 6.45) is 2.93. The molecule has 19 heavy (non-hydrogen) atoms. The lowest BCUT2D eigenvalue weighted by atomic mass is 10.0. The third-order valence-corrected chi connectivity index (χ3v) is 4.29. The Morgan fingerprint density at radius 3 is 2.68 bits per heavy atom. The molecule has 0 saturated carbocycles. The number of hydrogen-bond acceptors (Lipinski definition) is 4. The average Bonchev–Trinajstić information content (AvgIpc) is 2.86. The van der Waals surface area contributed by atoms with Crippen molar-refractivity contribution in [3.05, 3.63) is 51.5 Å². The van der Waals surface area contributed by atoms with Gasteiger partial charge in [0.1, 0.15) is 5.01 Å². The molecule has 102 valence electrons. The van der Waals surface area contributed by atoms with Crippen LogP contribution in [0.2, 0.25) is 0 Å². The fraction of sp³-hybridized carbons (Fsp3) is 0.400. The summed E-state index contributed by atoms with van der Waals surface area (Å²) in [6, 6.07) is 8.68. The molecule has 0 aliphatic heterocycles. The van der Waals surface area contributed by atoms with Gasteiger partial charge in [0.15, 0.2) is 0 Å². The van der Waals surface area contributed by atoms with Crippen LogP contribution in [0, 0.1) is 6.92 Å². The fourth-order valence-corrected chi connectivity index (χ4v) is 2.88. The van der Waals surface area contributed by atoms with E-state index < -0.39 is 0 Å². The molecule has 1 aromatic carbocycles. The minimum atomic E-state index is 0.309. The Hall–Kier alpha value is -1.23. The molecule has 0 radical (unpaired) electrons. The summed E-state index contributed by atoms with van der Waals surface area (Å²) < 4.78 is 0. The number of rotatable bonds is 6. The molecule has 3 N–H and O–H groups in total. The van der Waals surface area contributed by atoms with Crippen LogP contribution in [0.5, 0.6) is 0 Å². The van der Waals surface area contributed by atoms with Crippen LogP contribution in [0.25, 0.3) is 0 Å². The SMILES string of the molecule is Cc1cnc(C(C)NCCc2ccccc2CN)s1. The number of benzene rings is 1. The van der Waals surface area contributed by atoms with Gasteiger partial charge in [0, 0.05) is 17.6 Å². The molecule has 2 rings (SSSR count). The zero-order valence-corrected chi connectivity index (χ0v) is 12.3. The molecule has 1 heterocycles. The van der Waals surface area contributed by atoms with Crippen molar-refractivity contribution in [3.8, 4) is 0 Å². The van der Waals surface area contributed by atoms with Gasteiger partial charge in [-0.05, 0) is 37.9 Å². The third kappa shape index (κ3) is 3.86. The second-order valence-electron chi connectivity index (χ2n) is 4.71. The van der Waals surface area contributed by atoms with Gasteiger partial charge in [0.2, 0.25) is 0 Å². The smallest absolute Gasteiger partial charge is 0.109 e. The van der Waals surface area contributed by atoms with E-state index in [-0.39, 0.29) is 0 Å². The van der Waals surface area contributed by atoms with Crippen LogP contribution in [-0.2, 0) is 13.0 Å². The van der Waals surface area contributed by atoms with Gasteiger partial charge in [-0.3, -0.25) is 0 Å². The van der Waals surface area contributed by atoms with Gasteiger partial charge in [-0.1, -0.05) is 24.3 Å². The second-order valence-corrected chi connectivity index (χ2v) is 5.97. The predicted octanol–water partition coefficient (Wildman–Crippen LogP) is 2.80. The molecule has 4 heteroatoms. The lowest BCUT2D eigenvalue weighted by Crippen LogP contribution is -2.21. The van der Waals surface area contributed by atoms with E-state index >= 15 is 0 Å². The highest BCUT2D eigenvalue weighted by atomic mass is 32.1. The lowest BCUT2D eigenvalue weighted by Gasteiger charge is -2.12. The Kier molecular flexibility index (Phi) is 5.07. The third-order valence-electron chi connectivity index (χ3n) is 3.19. The highest BCUT2D eigenvalue weighted by Crippen LogP contribution is 2.18. The molecule has 1 aromatic heterocycles. The second kappa shape index (κ2) is 6.80. The molecule has 0 aliphatic carbocycles. The standard InChI is InChI=1S/C15H21N3S/c1-11-10-18-15(19-11)12(2)17-8-7-13-5-3-4-6-14(13)9-16/h3-6,10,12,17H,7-9,16H2,1-2H3. The quantitative estimate of drug-likeness (QED) is 0.852. The van der Waals surface area contributed by atoms with Crippen molar-refractivity contribution in [3.63, 3.8) is 0 Å². The van der Waals surface area contributed by atoms with Crippen molar-refractivity contribution in [2.24, 2.45) is 5.73 Å². The maximum atomic E-state index is 5.75. The van der Waals surface area contributed by atoms with Crippen molar-refractivity contribution < 1.29 is 0 Å². The topological polar surface area (TPSA) is 50.9 Å². The maximum Gasteiger partial charge on any atom is 0.109 e. The number of aromatic nitrogens is 1. The van der Waals surface area contributed by atoms with Crippen molar-refractivity contribution in [2.75, 3.05) is 6.54 Å². The van der Waals surface area contributed by atoms with Crippen LogP contribution in [0.15, 0.2) is 30.5 Å². The van der Waals surface area contributed by atoms with Gasteiger partial charge in [-0.2, -0.15) is 0 Å². The van der Waals surface area contributed by atoms with Crippen molar-refractivity contribution in [2.45, 2.75) is 32.9 Å². The van der Waals surface area contributed by atoms with Crippen LogP contribution in [0.4, 0.5) is 0 Å². The molecule has 0 spiro atoms. The Labute approximate surface area is 118 Å². The minimum absolute atomic E-state index is 0.309.